The second-order valence-electron chi connectivity index (χ2n) is 4.41. The molecule has 0 aliphatic rings. The minimum atomic E-state index is -4.49. The molecular formula is C14H12F3N3O2. The van der Waals surface area contributed by atoms with Crippen molar-refractivity contribution >= 4 is 11.6 Å². The summed E-state index contributed by atoms with van der Waals surface area (Å²) < 4.78 is 38.9. The van der Waals surface area contributed by atoms with Crippen molar-refractivity contribution in [2.45, 2.75) is 19.6 Å². The van der Waals surface area contributed by atoms with E-state index in [2.05, 4.69) is 10.4 Å². The van der Waals surface area contributed by atoms with E-state index < -0.39 is 17.6 Å². The Morgan fingerprint density at radius 3 is 2.64 bits per heavy atom. The van der Waals surface area contributed by atoms with Crippen LogP contribution in [0.2, 0.25) is 0 Å². The molecule has 0 saturated carbocycles. The second kappa shape index (κ2) is 6.00. The SMILES string of the molecule is CCn1nc(C(=O)Nc2cccc(C(F)(F)F)c2)ccc1=O. The molecule has 8 heteroatoms. The zero-order chi connectivity index (χ0) is 16.3. The van der Waals surface area contributed by atoms with Gasteiger partial charge in [0.15, 0.2) is 0 Å². The molecule has 22 heavy (non-hydrogen) atoms. The number of aryl methyl sites for hydroxylation is 1. The molecule has 0 aliphatic carbocycles. The summed E-state index contributed by atoms with van der Waals surface area (Å²) in [6.45, 7) is 1.96. The highest BCUT2D eigenvalue weighted by atomic mass is 19.4. The van der Waals surface area contributed by atoms with Gasteiger partial charge in [0.05, 0.1) is 5.56 Å². The number of benzene rings is 1. The predicted molar refractivity (Wildman–Crippen MR) is 73.6 cm³/mol. The van der Waals surface area contributed by atoms with Crippen LogP contribution in [0.4, 0.5) is 18.9 Å². The summed E-state index contributed by atoms with van der Waals surface area (Å²) in [5.74, 6) is -0.693. The summed E-state index contributed by atoms with van der Waals surface area (Å²) in [6.07, 6.45) is -4.49. The largest absolute Gasteiger partial charge is 0.416 e. The fraction of sp³-hybridized carbons (Fsp3) is 0.214. The highest BCUT2D eigenvalue weighted by Crippen LogP contribution is 2.30. The molecule has 0 unspecified atom stereocenters. The van der Waals surface area contributed by atoms with Crippen LogP contribution in [-0.2, 0) is 12.7 Å². The highest BCUT2D eigenvalue weighted by Gasteiger charge is 2.30. The maximum absolute atomic E-state index is 12.6. The third-order valence-corrected chi connectivity index (χ3v) is 2.85. The normalized spacial score (nSPS) is 11.3. The van der Waals surface area contributed by atoms with Crippen molar-refractivity contribution < 1.29 is 18.0 Å². The minimum absolute atomic E-state index is 0.00382. The lowest BCUT2D eigenvalue weighted by molar-refractivity contribution is -0.137. The van der Waals surface area contributed by atoms with E-state index in [9.17, 15) is 22.8 Å². The number of aromatic nitrogens is 2. The number of carbonyl (C=O) groups is 1. The fourth-order valence-corrected chi connectivity index (χ4v) is 1.76. The van der Waals surface area contributed by atoms with Gasteiger partial charge in [-0.1, -0.05) is 6.07 Å². The quantitative estimate of drug-likeness (QED) is 0.947. The number of nitrogens with one attached hydrogen (secondary N) is 1. The van der Waals surface area contributed by atoms with Gasteiger partial charge in [0, 0.05) is 18.3 Å². The van der Waals surface area contributed by atoms with E-state index in [4.69, 9.17) is 0 Å². The van der Waals surface area contributed by atoms with Crippen LogP contribution in [0.3, 0.4) is 0 Å². The van der Waals surface area contributed by atoms with E-state index in [-0.39, 0.29) is 23.5 Å². The molecule has 1 heterocycles. The summed E-state index contributed by atoms with van der Waals surface area (Å²) in [7, 11) is 0. The molecule has 0 atom stereocenters. The summed E-state index contributed by atoms with van der Waals surface area (Å²) in [5.41, 5.74) is -1.29. The van der Waals surface area contributed by atoms with Crippen LogP contribution in [-0.4, -0.2) is 15.7 Å². The number of nitrogens with zero attached hydrogens (tertiary/aromatic N) is 2. The van der Waals surface area contributed by atoms with Gasteiger partial charge in [0.2, 0.25) is 0 Å². The Kier molecular flexibility index (Phi) is 4.30. The molecule has 1 amide bonds. The van der Waals surface area contributed by atoms with Gasteiger partial charge in [-0.3, -0.25) is 9.59 Å². The van der Waals surface area contributed by atoms with Crippen molar-refractivity contribution in [1.29, 1.82) is 0 Å². The molecule has 116 valence electrons. The van der Waals surface area contributed by atoms with Gasteiger partial charge in [-0.2, -0.15) is 18.3 Å². The molecule has 1 aromatic carbocycles. The number of halogens is 3. The van der Waals surface area contributed by atoms with Gasteiger partial charge in [0.25, 0.3) is 11.5 Å². The number of rotatable bonds is 3. The summed E-state index contributed by atoms with van der Waals surface area (Å²) in [4.78, 5) is 23.4. The minimum Gasteiger partial charge on any atom is -0.321 e. The van der Waals surface area contributed by atoms with E-state index in [0.717, 1.165) is 16.8 Å². The number of anilines is 1. The van der Waals surface area contributed by atoms with Crippen LogP contribution < -0.4 is 10.9 Å². The van der Waals surface area contributed by atoms with Crippen LogP contribution in [0, 0.1) is 0 Å². The van der Waals surface area contributed by atoms with E-state index >= 15 is 0 Å². The van der Waals surface area contributed by atoms with E-state index in [0.29, 0.717) is 0 Å². The first kappa shape index (κ1) is 15.7. The molecule has 0 saturated heterocycles. The van der Waals surface area contributed by atoms with E-state index in [1.54, 1.807) is 6.92 Å². The Bertz CT molecular complexity index is 753. The molecule has 1 N–H and O–H groups in total. The van der Waals surface area contributed by atoms with Gasteiger partial charge in [0.1, 0.15) is 5.69 Å². The Morgan fingerprint density at radius 2 is 2.00 bits per heavy atom. The Labute approximate surface area is 123 Å². The molecule has 0 aliphatic heterocycles. The average Bonchev–Trinajstić information content (AvgIpc) is 2.47. The first-order valence-electron chi connectivity index (χ1n) is 6.38. The molecule has 2 rings (SSSR count). The predicted octanol–water partition coefficient (Wildman–Crippen LogP) is 2.53. The van der Waals surface area contributed by atoms with Crippen LogP contribution in [0.5, 0.6) is 0 Å². The van der Waals surface area contributed by atoms with E-state index in [1.807, 2.05) is 0 Å². The van der Waals surface area contributed by atoms with Crippen molar-refractivity contribution in [2.24, 2.45) is 0 Å². The number of carbonyl (C=O) groups excluding carboxylic acids is 1. The average molecular weight is 311 g/mol. The van der Waals surface area contributed by atoms with Gasteiger partial charge >= 0.3 is 6.18 Å². The van der Waals surface area contributed by atoms with Crippen molar-refractivity contribution in [1.82, 2.24) is 9.78 Å². The number of amides is 1. The molecule has 1 aromatic heterocycles. The zero-order valence-electron chi connectivity index (χ0n) is 11.5. The molecule has 5 nitrogen and oxygen atoms in total. The lowest BCUT2D eigenvalue weighted by Crippen LogP contribution is -2.25. The lowest BCUT2D eigenvalue weighted by atomic mass is 10.2. The third kappa shape index (κ3) is 3.51. The second-order valence-corrected chi connectivity index (χ2v) is 4.41. The molecule has 0 fully saturated rings. The number of hydrogen-bond acceptors (Lipinski definition) is 3. The zero-order valence-corrected chi connectivity index (χ0v) is 11.5. The molecule has 0 radical (unpaired) electrons. The molecule has 0 bridgehead atoms. The van der Waals surface area contributed by atoms with Crippen LogP contribution >= 0.6 is 0 Å². The lowest BCUT2D eigenvalue weighted by Gasteiger charge is -2.10. The van der Waals surface area contributed by atoms with Crippen molar-refractivity contribution in [3.8, 4) is 0 Å². The first-order valence-corrected chi connectivity index (χ1v) is 6.38. The van der Waals surface area contributed by atoms with Crippen LogP contribution in [0.1, 0.15) is 23.0 Å². The topological polar surface area (TPSA) is 64.0 Å². The van der Waals surface area contributed by atoms with Gasteiger partial charge in [-0.05, 0) is 31.2 Å². The maximum Gasteiger partial charge on any atom is 0.416 e. The molecule has 2 aromatic rings. The van der Waals surface area contributed by atoms with Crippen molar-refractivity contribution in [3.05, 3.63) is 58.0 Å². The first-order chi connectivity index (χ1) is 10.3. The van der Waals surface area contributed by atoms with Gasteiger partial charge in [-0.15, -0.1) is 0 Å². The summed E-state index contributed by atoms with van der Waals surface area (Å²) >= 11 is 0. The molecule has 0 spiro atoms. The summed E-state index contributed by atoms with van der Waals surface area (Å²) in [5, 5.41) is 6.15. The smallest absolute Gasteiger partial charge is 0.321 e. The standard InChI is InChI=1S/C14H12F3N3O2/c1-2-20-12(21)7-6-11(19-20)13(22)18-10-5-3-4-9(8-10)14(15,16)17/h3-8H,2H2,1H3,(H,18,22). The summed E-state index contributed by atoms with van der Waals surface area (Å²) in [6, 6.07) is 6.66. The van der Waals surface area contributed by atoms with Crippen LogP contribution in [0.15, 0.2) is 41.2 Å². The monoisotopic (exact) mass is 311 g/mol. The van der Waals surface area contributed by atoms with Crippen molar-refractivity contribution in [3.63, 3.8) is 0 Å². The third-order valence-electron chi connectivity index (χ3n) is 2.85. The van der Waals surface area contributed by atoms with Gasteiger partial charge < -0.3 is 5.32 Å². The molecular weight excluding hydrogens is 299 g/mol. The Balaban J connectivity index is 2.24. The van der Waals surface area contributed by atoms with Crippen molar-refractivity contribution in [2.75, 3.05) is 5.32 Å². The van der Waals surface area contributed by atoms with Gasteiger partial charge in [-0.25, -0.2) is 4.68 Å². The Morgan fingerprint density at radius 1 is 1.27 bits per heavy atom. The van der Waals surface area contributed by atoms with Crippen LogP contribution in [0.25, 0.3) is 0 Å². The number of alkyl halides is 3. The Hall–Kier alpha value is -2.64. The maximum atomic E-state index is 12.6. The fourth-order valence-electron chi connectivity index (χ4n) is 1.76. The highest BCUT2D eigenvalue weighted by molar-refractivity contribution is 6.02. The number of hydrogen-bond donors (Lipinski definition) is 1. The van der Waals surface area contributed by atoms with E-state index in [1.165, 1.54) is 24.3 Å².